The molecule has 0 aliphatic carbocycles. The molecule has 0 fully saturated rings. The third-order valence-corrected chi connectivity index (χ3v) is 14.4. The van der Waals surface area contributed by atoms with E-state index in [1.807, 2.05) is 30.3 Å². The Morgan fingerprint density at radius 1 is 0.261 bits per heavy atom. The minimum atomic E-state index is 0.360. The maximum absolute atomic E-state index is 12.4. The van der Waals surface area contributed by atoms with Crippen molar-refractivity contribution in [3.05, 3.63) is 217 Å². The van der Waals surface area contributed by atoms with Crippen molar-refractivity contribution in [2.24, 2.45) is 0 Å². The number of rotatable bonds is 4. The number of furan rings is 1. The van der Waals surface area contributed by atoms with Gasteiger partial charge in [0, 0.05) is 53.9 Å². The van der Waals surface area contributed by atoms with Gasteiger partial charge in [0.25, 0.3) is 0 Å². The van der Waals surface area contributed by atoms with E-state index >= 15 is 0 Å². The van der Waals surface area contributed by atoms with Gasteiger partial charge in [0.2, 0.25) is 0 Å². The topological polar surface area (TPSA) is 80.4 Å². The summed E-state index contributed by atoms with van der Waals surface area (Å²) in [6.07, 6.45) is 0. The first-order valence-electron chi connectivity index (χ1n) is 23.1. The average molecular weight is 879 g/mol. The van der Waals surface area contributed by atoms with Crippen molar-refractivity contribution in [1.29, 1.82) is 10.5 Å². The van der Waals surface area contributed by atoms with Crippen LogP contribution >= 0.6 is 0 Å². The van der Waals surface area contributed by atoms with Gasteiger partial charge in [0.05, 0.1) is 66.9 Å². The molecule has 7 nitrogen and oxygen atoms in total. The van der Waals surface area contributed by atoms with Gasteiger partial charge < -0.3 is 22.7 Å². The highest BCUT2D eigenvalue weighted by molar-refractivity contribution is 6.28. The fourth-order valence-corrected chi connectivity index (χ4v) is 11.8. The molecule has 318 valence electrons. The summed E-state index contributed by atoms with van der Waals surface area (Å²) in [6, 6.07) is 77.0. The molecule has 0 radical (unpaired) electrons. The molecule has 15 aromatic rings. The summed E-state index contributed by atoms with van der Waals surface area (Å²) in [7, 11) is 0. The van der Waals surface area contributed by atoms with Crippen molar-refractivity contribution < 1.29 is 4.42 Å². The molecule has 0 aliphatic heterocycles. The monoisotopic (exact) mass is 878 g/mol. The number of hydrogen-bond acceptors (Lipinski definition) is 3. The van der Waals surface area contributed by atoms with Gasteiger partial charge in [-0.25, -0.2) is 0 Å². The third kappa shape index (κ3) is 4.82. The lowest BCUT2D eigenvalue weighted by molar-refractivity contribution is 0.669. The van der Waals surface area contributed by atoms with Crippen LogP contribution in [0, 0.1) is 22.7 Å². The van der Waals surface area contributed by atoms with Gasteiger partial charge in [-0.3, -0.25) is 0 Å². The molecular formula is C62H34N6O. The van der Waals surface area contributed by atoms with Crippen LogP contribution in [-0.2, 0) is 0 Å². The second-order valence-electron chi connectivity index (χ2n) is 17.8. The Balaban J connectivity index is 1.28. The minimum absolute atomic E-state index is 0.360. The van der Waals surface area contributed by atoms with Gasteiger partial charge in [0.1, 0.15) is 34.4 Å². The molecule has 0 saturated carbocycles. The Morgan fingerprint density at radius 2 is 0.580 bits per heavy atom. The molecular weight excluding hydrogens is 845 g/mol. The number of para-hydroxylation sites is 8. The molecule has 0 amide bonds. The number of fused-ring (bicyclic) bond motifs is 16. The Kier molecular flexibility index (Phi) is 7.51. The van der Waals surface area contributed by atoms with E-state index in [1.165, 1.54) is 0 Å². The van der Waals surface area contributed by atoms with Crippen molar-refractivity contribution in [2.75, 3.05) is 0 Å². The predicted molar refractivity (Wildman–Crippen MR) is 281 cm³/mol. The highest BCUT2D eigenvalue weighted by Crippen LogP contribution is 2.50. The van der Waals surface area contributed by atoms with E-state index in [-0.39, 0.29) is 0 Å². The molecule has 5 heterocycles. The molecule has 15 rings (SSSR count). The molecule has 5 aromatic heterocycles. The Hall–Kier alpha value is -9.82. The van der Waals surface area contributed by atoms with Crippen LogP contribution < -0.4 is 0 Å². The zero-order valence-corrected chi connectivity index (χ0v) is 36.7. The molecule has 0 unspecified atom stereocenters. The highest BCUT2D eigenvalue weighted by Gasteiger charge is 2.34. The number of nitriles is 2. The summed E-state index contributed by atoms with van der Waals surface area (Å²) in [5, 5.41) is 35.1. The van der Waals surface area contributed by atoms with E-state index in [1.54, 1.807) is 0 Å². The summed E-state index contributed by atoms with van der Waals surface area (Å²) in [5.74, 6) is 0. The van der Waals surface area contributed by atoms with Crippen LogP contribution in [0.4, 0.5) is 0 Å². The molecule has 0 atom stereocenters. The van der Waals surface area contributed by atoms with Crippen LogP contribution in [0.3, 0.4) is 0 Å². The van der Waals surface area contributed by atoms with Crippen LogP contribution in [0.15, 0.2) is 211 Å². The smallest absolute Gasteiger partial charge is 0.136 e. The first-order valence-corrected chi connectivity index (χ1v) is 23.1. The summed E-state index contributed by atoms with van der Waals surface area (Å²) < 4.78 is 15.6. The second kappa shape index (κ2) is 13.9. The van der Waals surface area contributed by atoms with E-state index in [0.29, 0.717) is 33.9 Å². The van der Waals surface area contributed by atoms with E-state index < -0.39 is 0 Å². The first-order chi connectivity index (χ1) is 34.2. The lowest BCUT2D eigenvalue weighted by atomic mass is 9.98. The highest BCUT2D eigenvalue weighted by atomic mass is 16.3. The van der Waals surface area contributed by atoms with Crippen LogP contribution in [0.25, 0.3) is 132 Å². The minimum Gasteiger partial charge on any atom is -0.456 e. The van der Waals surface area contributed by atoms with E-state index in [4.69, 9.17) is 4.42 Å². The lowest BCUT2D eigenvalue weighted by Gasteiger charge is -2.27. The summed E-state index contributed by atoms with van der Waals surface area (Å²) in [4.78, 5) is 0. The summed E-state index contributed by atoms with van der Waals surface area (Å²) >= 11 is 0. The van der Waals surface area contributed by atoms with E-state index in [0.717, 1.165) is 109 Å². The van der Waals surface area contributed by atoms with Crippen LogP contribution in [0.1, 0.15) is 11.1 Å². The maximum Gasteiger partial charge on any atom is 0.136 e. The zero-order chi connectivity index (χ0) is 45.5. The fraction of sp³-hybridized carbons (Fsp3) is 0. The molecule has 0 bridgehead atoms. The molecule has 0 N–H and O–H groups in total. The number of aromatic nitrogens is 4. The fourth-order valence-electron chi connectivity index (χ4n) is 11.8. The lowest BCUT2D eigenvalue weighted by Crippen LogP contribution is -2.16. The molecule has 69 heavy (non-hydrogen) atoms. The largest absolute Gasteiger partial charge is 0.456 e. The van der Waals surface area contributed by atoms with Crippen molar-refractivity contribution in [1.82, 2.24) is 18.3 Å². The SMILES string of the molecule is N#Cc1c(-n2c3ccccc3c3ccccc32)c(-n2c3ccccc3c3ccccc32)c(-n2c3ccccc3c3ccccc32)c(C#N)c1-n1c2ccccc2c2c3c(ccc21)oc1ccccc13. The van der Waals surface area contributed by atoms with Gasteiger partial charge in [-0.1, -0.05) is 146 Å². The van der Waals surface area contributed by atoms with Crippen molar-refractivity contribution in [3.63, 3.8) is 0 Å². The van der Waals surface area contributed by atoms with Crippen molar-refractivity contribution >= 4 is 109 Å². The van der Waals surface area contributed by atoms with Crippen LogP contribution in [0.5, 0.6) is 0 Å². The predicted octanol–water partition coefficient (Wildman–Crippen LogP) is 15.7. The van der Waals surface area contributed by atoms with Gasteiger partial charge in [-0.2, -0.15) is 10.5 Å². The van der Waals surface area contributed by atoms with Crippen LogP contribution in [0.2, 0.25) is 0 Å². The van der Waals surface area contributed by atoms with Gasteiger partial charge in [-0.05, 0) is 60.7 Å². The van der Waals surface area contributed by atoms with E-state index in [9.17, 15) is 10.5 Å². The van der Waals surface area contributed by atoms with Crippen molar-refractivity contribution in [2.45, 2.75) is 0 Å². The molecule has 0 saturated heterocycles. The number of benzene rings is 10. The molecule has 0 spiro atoms. The number of hydrogen-bond donors (Lipinski definition) is 0. The second-order valence-corrected chi connectivity index (χ2v) is 17.8. The van der Waals surface area contributed by atoms with Gasteiger partial charge in [0.15, 0.2) is 0 Å². The van der Waals surface area contributed by atoms with Crippen molar-refractivity contribution in [3.8, 4) is 34.9 Å². The summed E-state index contributed by atoms with van der Waals surface area (Å²) in [5.41, 5.74) is 12.2. The maximum atomic E-state index is 12.4. The quantitative estimate of drug-likeness (QED) is 0.177. The zero-order valence-electron chi connectivity index (χ0n) is 36.7. The average Bonchev–Trinajstić information content (AvgIpc) is 4.21. The van der Waals surface area contributed by atoms with Crippen LogP contribution in [-0.4, -0.2) is 18.3 Å². The number of nitrogens with zero attached hydrogens (tertiary/aromatic N) is 6. The normalized spacial score (nSPS) is 12.0. The van der Waals surface area contributed by atoms with E-state index in [2.05, 4.69) is 206 Å². The molecule has 10 aromatic carbocycles. The first kappa shape index (κ1) is 37.4. The molecule has 0 aliphatic rings. The Morgan fingerprint density at radius 3 is 0.986 bits per heavy atom. The Labute approximate surface area is 392 Å². The standard InChI is InChI=1S/C62H34N6O/c63-35-45-59(68-53-31-15-7-23-43(53)57-54(68)33-34-56-58(57)44-24-8-16-32-55(44)69-56)46(36-64)61(66-49-27-11-3-19-39(49)40-20-4-12-28-50(40)66)62(67-51-29-13-5-21-41(51)42-22-6-14-30-52(42)67)60(45)65-47-25-9-1-17-37(47)38-18-2-10-26-48(38)65/h1-34H. The summed E-state index contributed by atoms with van der Waals surface area (Å²) in [6.45, 7) is 0. The third-order valence-electron chi connectivity index (χ3n) is 14.4. The van der Waals surface area contributed by atoms with Gasteiger partial charge in [-0.15, -0.1) is 0 Å². The van der Waals surface area contributed by atoms with Gasteiger partial charge >= 0.3 is 0 Å². The molecule has 7 heteroatoms. The Bertz CT molecular complexity index is 4510.